The number of ether oxygens (including phenoxy) is 1. The normalized spacial score (nSPS) is 13.6. The Hall–Kier alpha value is -3.23. The van der Waals surface area contributed by atoms with Crippen LogP contribution in [0.1, 0.15) is 23.3 Å². The molecule has 9 nitrogen and oxygen atoms in total. The van der Waals surface area contributed by atoms with E-state index in [-0.39, 0.29) is 17.1 Å². The summed E-state index contributed by atoms with van der Waals surface area (Å²) in [5, 5.41) is 21.7. The van der Waals surface area contributed by atoms with Gasteiger partial charge in [-0.1, -0.05) is 0 Å². The van der Waals surface area contributed by atoms with Crippen LogP contribution in [-0.4, -0.2) is 41.2 Å². The Balaban J connectivity index is 1.76. The fraction of sp³-hybridized carbons (Fsp3) is 0.312. The number of hydrogen-bond acceptors (Lipinski definition) is 7. The summed E-state index contributed by atoms with van der Waals surface area (Å²) < 4.78 is 4.97. The van der Waals surface area contributed by atoms with E-state index >= 15 is 0 Å². The minimum absolute atomic E-state index is 0.0706. The van der Waals surface area contributed by atoms with Crippen molar-refractivity contribution >= 4 is 23.1 Å². The van der Waals surface area contributed by atoms with E-state index in [1.165, 1.54) is 25.3 Å². The van der Waals surface area contributed by atoms with Gasteiger partial charge < -0.3 is 15.0 Å². The Morgan fingerprint density at radius 1 is 1.24 bits per heavy atom. The molecular weight excluding hydrogens is 326 g/mol. The van der Waals surface area contributed by atoms with Crippen molar-refractivity contribution in [2.45, 2.75) is 12.8 Å². The number of nitro groups is 1. The Kier molecular flexibility index (Phi) is 4.73. The predicted molar refractivity (Wildman–Crippen MR) is 91.1 cm³/mol. The van der Waals surface area contributed by atoms with Crippen LogP contribution in [0.25, 0.3) is 0 Å². The van der Waals surface area contributed by atoms with Gasteiger partial charge in [-0.3, -0.25) is 14.9 Å². The van der Waals surface area contributed by atoms with Crippen LogP contribution in [0.2, 0.25) is 0 Å². The third-order valence-corrected chi connectivity index (χ3v) is 3.96. The maximum atomic E-state index is 12.3. The number of methoxy groups -OCH3 is 1. The van der Waals surface area contributed by atoms with Gasteiger partial charge in [0.2, 0.25) is 0 Å². The number of nitrogens with one attached hydrogen (secondary N) is 1. The zero-order valence-electron chi connectivity index (χ0n) is 13.6. The van der Waals surface area contributed by atoms with E-state index in [0.29, 0.717) is 5.75 Å². The maximum absolute atomic E-state index is 12.3. The topological polar surface area (TPSA) is 110 Å². The van der Waals surface area contributed by atoms with Crippen molar-refractivity contribution in [3.63, 3.8) is 0 Å². The first-order valence-corrected chi connectivity index (χ1v) is 7.81. The van der Waals surface area contributed by atoms with E-state index < -0.39 is 10.8 Å². The van der Waals surface area contributed by atoms with Gasteiger partial charge >= 0.3 is 0 Å². The van der Waals surface area contributed by atoms with Gasteiger partial charge in [-0.25, -0.2) is 0 Å². The molecule has 0 spiro atoms. The molecule has 3 rings (SSSR count). The second-order valence-electron chi connectivity index (χ2n) is 5.57. The smallest absolute Gasteiger partial charge is 0.296 e. The first-order chi connectivity index (χ1) is 12.1. The predicted octanol–water partition coefficient (Wildman–Crippen LogP) is 2.25. The lowest BCUT2D eigenvalue weighted by molar-refractivity contribution is -0.384. The third-order valence-electron chi connectivity index (χ3n) is 3.96. The molecule has 0 aliphatic carbocycles. The van der Waals surface area contributed by atoms with Crippen LogP contribution in [0.3, 0.4) is 0 Å². The molecule has 0 bridgehead atoms. The van der Waals surface area contributed by atoms with E-state index in [9.17, 15) is 14.9 Å². The second kappa shape index (κ2) is 7.12. The Bertz CT molecular complexity index is 788. The highest BCUT2D eigenvalue weighted by atomic mass is 16.6. The summed E-state index contributed by atoms with van der Waals surface area (Å²) >= 11 is 0. The lowest BCUT2D eigenvalue weighted by Gasteiger charge is -2.15. The summed E-state index contributed by atoms with van der Waals surface area (Å²) in [5.74, 6) is 0.498. The Morgan fingerprint density at radius 3 is 2.60 bits per heavy atom. The highest BCUT2D eigenvalue weighted by molar-refractivity contribution is 6.04. The number of nitro benzene ring substituents is 1. The van der Waals surface area contributed by atoms with E-state index in [4.69, 9.17) is 4.74 Å². The lowest BCUT2D eigenvalue weighted by atomic mass is 10.2. The molecule has 1 aromatic heterocycles. The van der Waals surface area contributed by atoms with E-state index in [2.05, 4.69) is 20.4 Å². The van der Waals surface area contributed by atoms with Crippen molar-refractivity contribution < 1.29 is 14.5 Å². The van der Waals surface area contributed by atoms with E-state index in [1.54, 1.807) is 12.1 Å². The number of anilines is 2. The largest absolute Gasteiger partial charge is 0.496 e. The highest BCUT2D eigenvalue weighted by Crippen LogP contribution is 2.29. The molecule has 1 aliphatic heterocycles. The average molecular weight is 343 g/mol. The third kappa shape index (κ3) is 3.65. The van der Waals surface area contributed by atoms with Crippen LogP contribution in [0.15, 0.2) is 30.3 Å². The summed E-state index contributed by atoms with van der Waals surface area (Å²) in [4.78, 5) is 25.0. The van der Waals surface area contributed by atoms with Crippen molar-refractivity contribution in [3.8, 4) is 5.75 Å². The quantitative estimate of drug-likeness (QED) is 0.654. The first-order valence-electron chi connectivity index (χ1n) is 7.81. The standard InChI is InChI=1S/C16H17N5O4/c1-25-11-4-5-12(14(10-11)21(23)24)17-16(22)13-6-7-15(19-18-13)20-8-2-3-9-20/h4-7,10H,2-3,8-9H2,1H3,(H,17,22). The van der Waals surface area contributed by atoms with Crippen molar-refractivity contribution in [2.75, 3.05) is 30.4 Å². The lowest BCUT2D eigenvalue weighted by Crippen LogP contribution is -2.21. The van der Waals surface area contributed by atoms with Crippen LogP contribution in [-0.2, 0) is 0 Å². The number of carbonyl (C=O) groups is 1. The summed E-state index contributed by atoms with van der Waals surface area (Å²) in [7, 11) is 1.41. The molecule has 25 heavy (non-hydrogen) atoms. The molecule has 9 heteroatoms. The van der Waals surface area contributed by atoms with Gasteiger partial charge in [0.05, 0.1) is 18.1 Å². The summed E-state index contributed by atoms with van der Waals surface area (Å²) in [5.41, 5.74) is -0.0939. The average Bonchev–Trinajstić information content (AvgIpc) is 3.16. The van der Waals surface area contributed by atoms with Gasteiger partial charge in [0.25, 0.3) is 11.6 Å². The number of hydrogen-bond donors (Lipinski definition) is 1. The van der Waals surface area contributed by atoms with Crippen molar-refractivity contribution in [3.05, 3.63) is 46.1 Å². The van der Waals surface area contributed by atoms with E-state index in [1.807, 2.05) is 0 Å². The van der Waals surface area contributed by atoms with Gasteiger partial charge in [0.15, 0.2) is 11.5 Å². The molecule has 1 N–H and O–H groups in total. The molecule has 130 valence electrons. The number of nitrogens with zero attached hydrogens (tertiary/aromatic N) is 4. The van der Waals surface area contributed by atoms with Crippen LogP contribution in [0, 0.1) is 10.1 Å². The molecule has 0 radical (unpaired) electrons. The molecule has 0 saturated carbocycles. The molecule has 1 amide bonds. The van der Waals surface area contributed by atoms with Gasteiger partial charge in [0.1, 0.15) is 11.4 Å². The molecular formula is C16H17N5O4. The molecule has 2 heterocycles. The Morgan fingerprint density at radius 2 is 2.00 bits per heavy atom. The minimum Gasteiger partial charge on any atom is -0.496 e. The van der Waals surface area contributed by atoms with Crippen LogP contribution < -0.4 is 15.0 Å². The summed E-state index contributed by atoms with van der Waals surface area (Å²) in [6.45, 7) is 1.86. The number of amides is 1. The van der Waals surface area contributed by atoms with Crippen LogP contribution in [0.5, 0.6) is 5.75 Å². The zero-order chi connectivity index (χ0) is 17.8. The Labute approximate surface area is 143 Å². The number of rotatable bonds is 5. The second-order valence-corrected chi connectivity index (χ2v) is 5.57. The van der Waals surface area contributed by atoms with Gasteiger partial charge in [0, 0.05) is 13.1 Å². The molecule has 1 saturated heterocycles. The number of carbonyl (C=O) groups excluding carboxylic acids is 1. The monoisotopic (exact) mass is 343 g/mol. The first kappa shape index (κ1) is 16.6. The molecule has 1 aromatic carbocycles. The molecule has 1 fully saturated rings. The maximum Gasteiger partial charge on any atom is 0.296 e. The molecule has 2 aromatic rings. The van der Waals surface area contributed by atoms with E-state index in [0.717, 1.165) is 31.7 Å². The summed E-state index contributed by atoms with van der Waals surface area (Å²) in [6.07, 6.45) is 2.23. The van der Waals surface area contributed by atoms with Crippen molar-refractivity contribution in [2.24, 2.45) is 0 Å². The number of benzene rings is 1. The number of aromatic nitrogens is 2. The van der Waals surface area contributed by atoms with Gasteiger partial charge in [-0.2, -0.15) is 0 Å². The van der Waals surface area contributed by atoms with Gasteiger partial charge in [-0.05, 0) is 37.1 Å². The minimum atomic E-state index is -0.583. The van der Waals surface area contributed by atoms with Crippen molar-refractivity contribution in [1.82, 2.24) is 10.2 Å². The fourth-order valence-electron chi connectivity index (χ4n) is 2.64. The fourth-order valence-corrected chi connectivity index (χ4v) is 2.64. The summed E-state index contributed by atoms with van der Waals surface area (Å²) in [6, 6.07) is 7.49. The van der Waals surface area contributed by atoms with Gasteiger partial charge in [-0.15, -0.1) is 10.2 Å². The molecule has 1 aliphatic rings. The molecule has 0 unspecified atom stereocenters. The van der Waals surface area contributed by atoms with Crippen LogP contribution >= 0.6 is 0 Å². The highest BCUT2D eigenvalue weighted by Gasteiger charge is 2.19. The SMILES string of the molecule is COc1ccc(NC(=O)c2ccc(N3CCCC3)nn2)c([N+](=O)[O-])c1. The zero-order valence-corrected chi connectivity index (χ0v) is 13.6. The van der Waals surface area contributed by atoms with Crippen molar-refractivity contribution in [1.29, 1.82) is 0 Å². The molecule has 0 atom stereocenters. The van der Waals surface area contributed by atoms with Crippen LogP contribution in [0.4, 0.5) is 17.2 Å².